The van der Waals surface area contributed by atoms with E-state index in [2.05, 4.69) is 16.9 Å². The zero-order valence-electron chi connectivity index (χ0n) is 14.8. The molecule has 2 aromatic rings. The van der Waals surface area contributed by atoms with E-state index in [0.29, 0.717) is 11.7 Å². The lowest BCUT2D eigenvalue weighted by atomic mass is 10.1. The first-order valence-corrected chi connectivity index (χ1v) is 8.89. The van der Waals surface area contributed by atoms with Crippen LogP contribution in [0.5, 0.6) is 0 Å². The van der Waals surface area contributed by atoms with Gasteiger partial charge in [0.1, 0.15) is 11.2 Å². The van der Waals surface area contributed by atoms with Crippen molar-refractivity contribution in [3.05, 3.63) is 33.9 Å². The Morgan fingerprint density at radius 3 is 2.56 bits per heavy atom. The summed E-state index contributed by atoms with van der Waals surface area (Å²) in [6, 6.07) is 1.92. The number of carboxylic acid groups (broad SMARTS) is 1. The number of anilines is 1. The molecule has 0 aromatic carbocycles. The Morgan fingerprint density at radius 1 is 1.26 bits per heavy atom. The zero-order valence-corrected chi connectivity index (χ0v) is 15.6. The molecule has 27 heavy (non-hydrogen) atoms. The van der Waals surface area contributed by atoms with Gasteiger partial charge in [0, 0.05) is 37.4 Å². The van der Waals surface area contributed by atoms with Crippen LogP contribution < -0.4 is 10.3 Å². The van der Waals surface area contributed by atoms with Crippen LogP contribution in [0.3, 0.4) is 0 Å². The fraction of sp³-hybridized carbons (Fsp3) is 0.500. The summed E-state index contributed by atoms with van der Waals surface area (Å²) < 4.78 is 16.6. The van der Waals surface area contributed by atoms with Gasteiger partial charge >= 0.3 is 5.97 Å². The molecular weight excluding hydrogens is 375 g/mol. The Morgan fingerprint density at radius 2 is 2.00 bits per heavy atom. The summed E-state index contributed by atoms with van der Waals surface area (Å²) in [6.07, 6.45) is 4.17. The number of pyridine rings is 2. The molecule has 144 valence electrons. The number of aromatic carboxylic acids is 1. The van der Waals surface area contributed by atoms with Gasteiger partial charge in [-0.3, -0.25) is 9.69 Å². The third kappa shape index (κ3) is 2.70. The summed E-state index contributed by atoms with van der Waals surface area (Å²) in [7, 11) is 2.07. The lowest BCUT2D eigenvalue weighted by Crippen LogP contribution is -2.45. The molecule has 0 radical (unpaired) electrons. The van der Waals surface area contributed by atoms with Gasteiger partial charge < -0.3 is 14.6 Å². The van der Waals surface area contributed by atoms with Crippen LogP contribution in [-0.2, 0) is 0 Å². The molecule has 0 spiro atoms. The Labute approximate surface area is 160 Å². The Balaban J connectivity index is 0.00000180. The van der Waals surface area contributed by atoms with Crippen molar-refractivity contribution in [3.63, 3.8) is 0 Å². The van der Waals surface area contributed by atoms with Crippen molar-refractivity contribution in [1.29, 1.82) is 0 Å². The monoisotopic (exact) mass is 394 g/mol. The molecule has 5 rings (SSSR count). The van der Waals surface area contributed by atoms with E-state index in [0.717, 1.165) is 32.4 Å². The molecule has 2 unspecified atom stereocenters. The Hall–Kier alpha value is -2.19. The predicted molar refractivity (Wildman–Crippen MR) is 101 cm³/mol. The normalized spacial score (nSPS) is 24.4. The van der Waals surface area contributed by atoms with Crippen LogP contribution in [0.4, 0.5) is 10.2 Å². The fourth-order valence-corrected chi connectivity index (χ4v) is 4.35. The summed E-state index contributed by atoms with van der Waals surface area (Å²) in [5.74, 6) is -1.58. The van der Waals surface area contributed by atoms with Crippen molar-refractivity contribution >= 4 is 35.2 Å². The van der Waals surface area contributed by atoms with Crippen molar-refractivity contribution < 1.29 is 14.3 Å². The van der Waals surface area contributed by atoms with Crippen LogP contribution in [-0.4, -0.2) is 57.7 Å². The fourth-order valence-electron chi connectivity index (χ4n) is 4.35. The highest BCUT2D eigenvalue weighted by molar-refractivity contribution is 5.92. The van der Waals surface area contributed by atoms with E-state index in [1.807, 2.05) is 4.90 Å². The number of hydrogen-bond acceptors (Lipinski definition) is 5. The molecule has 1 aliphatic carbocycles. The van der Waals surface area contributed by atoms with Crippen LogP contribution in [0.25, 0.3) is 11.0 Å². The van der Waals surface area contributed by atoms with E-state index in [1.165, 1.54) is 12.3 Å². The maximum absolute atomic E-state index is 14.8. The second kappa shape index (κ2) is 6.17. The summed E-state index contributed by atoms with van der Waals surface area (Å²) in [6.45, 7) is 1.59. The van der Waals surface area contributed by atoms with Gasteiger partial charge in [0.25, 0.3) is 0 Å². The molecule has 1 saturated carbocycles. The van der Waals surface area contributed by atoms with Crippen molar-refractivity contribution in [2.75, 3.05) is 25.0 Å². The molecule has 0 amide bonds. The number of rotatable bonds is 3. The second-order valence-corrected chi connectivity index (χ2v) is 7.62. The topological polar surface area (TPSA) is 78.7 Å². The molecule has 1 N–H and O–H groups in total. The van der Waals surface area contributed by atoms with Crippen LogP contribution in [0.1, 0.15) is 35.7 Å². The van der Waals surface area contributed by atoms with Crippen molar-refractivity contribution in [3.8, 4) is 0 Å². The van der Waals surface area contributed by atoms with Gasteiger partial charge in [-0.2, -0.15) is 0 Å². The van der Waals surface area contributed by atoms with Gasteiger partial charge in [-0.1, -0.05) is 0 Å². The molecule has 3 aliphatic rings. The molecule has 9 heteroatoms. The van der Waals surface area contributed by atoms with Crippen molar-refractivity contribution in [1.82, 2.24) is 14.5 Å². The lowest BCUT2D eigenvalue weighted by molar-refractivity contribution is 0.0695. The van der Waals surface area contributed by atoms with Crippen molar-refractivity contribution in [2.45, 2.75) is 37.4 Å². The van der Waals surface area contributed by atoms with Crippen molar-refractivity contribution in [2.24, 2.45) is 0 Å². The molecule has 3 fully saturated rings. The molecule has 2 bridgehead atoms. The van der Waals surface area contributed by atoms with E-state index >= 15 is 0 Å². The number of carbonyl (C=O) groups is 1. The number of aromatic nitrogens is 2. The van der Waals surface area contributed by atoms with Crippen LogP contribution in [0, 0.1) is 5.82 Å². The minimum absolute atomic E-state index is 0. The zero-order chi connectivity index (χ0) is 18.2. The second-order valence-electron chi connectivity index (χ2n) is 7.62. The average molecular weight is 395 g/mol. The lowest BCUT2D eigenvalue weighted by Gasteiger charge is -2.33. The van der Waals surface area contributed by atoms with Crippen LogP contribution in [0.15, 0.2) is 17.1 Å². The predicted octanol–water partition coefficient (Wildman–Crippen LogP) is 1.88. The molecule has 2 atom stereocenters. The van der Waals surface area contributed by atoms with Crippen LogP contribution in [0.2, 0.25) is 0 Å². The van der Waals surface area contributed by atoms with Gasteiger partial charge in [-0.05, 0) is 32.4 Å². The summed E-state index contributed by atoms with van der Waals surface area (Å²) in [5, 5.41) is 9.35. The number of halogens is 2. The number of hydrogen-bond donors (Lipinski definition) is 1. The number of fused-ring (bicyclic) bond motifs is 3. The van der Waals surface area contributed by atoms with Gasteiger partial charge in [0.2, 0.25) is 5.43 Å². The third-order valence-corrected chi connectivity index (χ3v) is 5.90. The van der Waals surface area contributed by atoms with E-state index in [4.69, 9.17) is 0 Å². The minimum atomic E-state index is -1.30. The Bertz CT molecular complexity index is 1000. The highest BCUT2D eigenvalue weighted by atomic mass is 35.5. The maximum Gasteiger partial charge on any atom is 0.341 e. The summed E-state index contributed by atoms with van der Waals surface area (Å²) >= 11 is 0. The minimum Gasteiger partial charge on any atom is -0.477 e. The number of nitrogens with zero attached hydrogens (tertiary/aromatic N) is 4. The first-order chi connectivity index (χ1) is 12.4. The van der Waals surface area contributed by atoms with E-state index in [1.54, 1.807) is 4.57 Å². The first kappa shape index (κ1) is 18.2. The van der Waals surface area contributed by atoms with E-state index < -0.39 is 17.2 Å². The average Bonchev–Trinajstić information content (AvgIpc) is 3.26. The highest BCUT2D eigenvalue weighted by Gasteiger charge is 2.43. The van der Waals surface area contributed by atoms with Gasteiger partial charge in [-0.25, -0.2) is 14.2 Å². The van der Waals surface area contributed by atoms with E-state index in [-0.39, 0.29) is 41.3 Å². The molecule has 4 heterocycles. The number of likely N-dealkylation sites (tertiary alicyclic amines) is 1. The smallest absolute Gasteiger partial charge is 0.341 e. The standard InChI is InChI=1S/C18H19FN4O3.ClH/c1-21-6-11-4-10(21)7-22(11)17-14(19)5-12-15(24)13(18(25)26)8-23(9-2-3-9)16(12)20-17;/h5,8-11H,2-4,6-7H2,1H3,(H,25,26);1H. The first-order valence-electron chi connectivity index (χ1n) is 8.89. The quantitative estimate of drug-likeness (QED) is 0.856. The SMILES string of the molecule is CN1CC2CC1CN2c1nc2c(cc1F)c(=O)c(C(=O)O)cn2C1CC1.Cl. The number of piperazine rings is 1. The highest BCUT2D eigenvalue weighted by Crippen LogP contribution is 2.38. The summed E-state index contributed by atoms with van der Waals surface area (Å²) in [5.41, 5.74) is -0.625. The number of likely N-dealkylation sites (N-methyl/N-ethyl adjacent to an activating group) is 1. The molecule has 2 aromatic heterocycles. The summed E-state index contributed by atoms with van der Waals surface area (Å²) in [4.78, 5) is 32.7. The molecular formula is C18H20ClFN4O3. The molecule has 2 aliphatic heterocycles. The molecule has 2 saturated heterocycles. The van der Waals surface area contributed by atoms with Crippen LogP contribution >= 0.6 is 12.4 Å². The Kier molecular flexibility index (Phi) is 4.16. The van der Waals surface area contributed by atoms with Gasteiger partial charge in [0.05, 0.1) is 5.39 Å². The van der Waals surface area contributed by atoms with E-state index in [9.17, 15) is 19.1 Å². The largest absolute Gasteiger partial charge is 0.477 e. The number of carboxylic acids is 1. The maximum atomic E-state index is 14.8. The van der Waals surface area contributed by atoms with Gasteiger partial charge in [0.15, 0.2) is 11.6 Å². The van der Waals surface area contributed by atoms with Gasteiger partial charge in [-0.15, -0.1) is 12.4 Å². The third-order valence-electron chi connectivity index (χ3n) is 5.90. The molecule has 7 nitrogen and oxygen atoms in total.